The maximum Gasteiger partial charge on any atom is 0.0944 e. The molecule has 2 fully saturated rings. The van der Waals surface area contributed by atoms with Crippen LogP contribution in [0.4, 0.5) is 0 Å². The SMILES string of the molecule is [B]C1(C)[C-]=C2CCCN2C(C)=N1.[B]C1(C)[C-]=C2CCCN2C(C)=N1.[Y].[Y]. The van der Waals surface area contributed by atoms with Crippen LogP contribution in [0.5, 0.6) is 0 Å². The van der Waals surface area contributed by atoms with Crippen LogP contribution in [0.3, 0.4) is 0 Å². The minimum Gasteiger partial charge on any atom is -0.456 e. The Morgan fingerprint density at radius 3 is 1.50 bits per heavy atom. The Bertz CT molecular complexity index is 598. The zero-order valence-corrected chi connectivity index (χ0v) is 22.0. The van der Waals surface area contributed by atoms with E-state index in [1.165, 1.54) is 24.2 Å². The van der Waals surface area contributed by atoms with Gasteiger partial charge in [0.1, 0.15) is 0 Å². The van der Waals surface area contributed by atoms with Crippen molar-refractivity contribution in [1.29, 1.82) is 0 Å². The number of hydrogen-bond acceptors (Lipinski definition) is 4. The molecule has 0 N–H and O–H groups in total. The van der Waals surface area contributed by atoms with E-state index in [2.05, 4.69) is 31.9 Å². The smallest absolute Gasteiger partial charge is 0.0944 e. The molecule has 0 spiro atoms. The average Bonchev–Trinajstić information content (AvgIpc) is 3.05. The Kier molecular flexibility index (Phi) is 9.06. The van der Waals surface area contributed by atoms with Crippen molar-refractivity contribution in [2.75, 3.05) is 13.1 Å². The van der Waals surface area contributed by atoms with Gasteiger partial charge in [-0.05, 0) is 39.5 Å². The average molecular weight is 496 g/mol. The largest absolute Gasteiger partial charge is 0.456 e. The maximum atomic E-state index is 5.88. The maximum absolute atomic E-state index is 5.88. The van der Waals surface area contributed by atoms with Crippen LogP contribution in [0.15, 0.2) is 21.4 Å². The van der Waals surface area contributed by atoms with Crippen LogP contribution >= 0.6 is 0 Å². The van der Waals surface area contributed by atoms with Gasteiger partial charge in [-0.25, -0.2) is 0 Å². The third kappa shape index (κ3) is 5.88. The summed E-state index contributed by atoms with van der Waals surface area (Å²) in [6.45, 7) is 9.95. The van der Waals surface area contributed by atoms with Gasteiger partial charge in [-0.15, -0.1) is 10.9 Å². The molecule has 4 aliphatic rings. The Hall–Kier alpha value is 0.758. The van der Waals surface area contributed by atoms with Crippen LogP contribution in [0.2, 0.25) is 0 Å². The van der Waals surface area contributed by atoms with E-state index in [-0.39, 0.29) is 65.4 Å². The van der Waals surface area contributed by atoms with Crippen LogP contribution in [-0.2, 0) is 65.4 Å². The molecule has 26 heavy (non-hydrogen) atoms. The van der Waals surface area contributed by atoms with E-state index < -0.39 is 10.9 Å². The Morgan fingerprint density at radius 2 is 1.15 bits per heavy atom. The van der Waals surface area contributed by atoms with Crippen molar-refractivity contribution in [1.82, 2.24) is 9.80 Å². The monoisotopic (exact) mass is 496 g/mol. The van der Waals surface area contributed by atoms with Crippen molar-refractivity contribution in [3.8, 4) is 0 Å². The van der Waals surface area contributed by atoms with E-state index in [4.69, 9.17) is 15.7 Å². The molecule has 4 heterocycles. The molecule has 0 amide bonds. The van der Waals surface area contributed by atoms with E-state index in [0.29, 0.717) is 0 Å². The standard InChI is InChI=1S/2C9H12BN2.2Y/c2*1-7-11-9(2,10)6-8-4-3-5-12(7)8;;/h2*3-5H2,1-2H3;;/q2*-1;;. The summed E-state index contributed by atoms with van der Waals surface area (Å²) in [6.07, 6.45) is 11.0. The van der Waals surface area contributed by atoms with Gasteiger partial charge in [-0.3, -0.25) is 0 Å². The Morgan fingerprint density at radius 1 is 0.808 bits per heavy atom. The summed E-state index contributed by atoms with van der Waals surface area (Å²) >= 11 is 0. The van der Waals surface area contributed by atoms with Crippen LogP contribution in [0, 0.1) is 12.2 Å². The molecule has 8 heteroatoms. The molecule has 4 rings (SSSR count). The third-order valence-electron chi connectivity index (χ3n) is 4.61. The third-order valence-corrected chi connectivity index (χ3v) is 4.61. The molecular weight excluding hydrogens is 472 g/mol. The van der Waals surface area contributed by atoms with E-state index in [0.717, 1.165) is 37.6 Å². The molecule has 4 nitrogen and oxygen atoms in total. The molecule has 2 unspecified atom stereocenters. The number of nitrogens with zero attached hydrogens (tertiary/aromatic N) is 4. The summed E-state index contributed by atoms with van der Waals surface area (Å²) in [5.74, 6) is 2.07. The number of allylic oxidation sites excluding steroid dienone is 2. The van der Waals surface area contributed by atoms with Gasteiger partial charge in [0.05, 0.1) is 27.4 Å². The molecule has 4 aliphatic heterocycles. The molecule has 0 bridgehead atoms. The van der Waals surface area contributed by atoms with E-state index in [1.807, 2.05) is 27.7 Å². The molecule has 0 aromatic heterocycles. The van der Waals surface area contributed by atoms with Crippen molar-refractivity contribution in [2.24, 2.45) is 9.98 Å². The summed E-state index contributed by atoms with van der Waals surface area (Å²) in [5, 5.41) is 0. The summed E-state index contributed by atoms with van der Waals surface area (Å²) in [7, 11) is 11.8. The van der Waals surface area contributed by atoms with Crippen molar-refractivity contribution in [2.45, 2.75) is 64.3 Å². The van der Waals surface area contributed by atoms with Gasteiger partial charge in [0.2, 0.25) is 0 Å². The Labute approximate surface area is 211 Å². The van der Waals surface area contributed by atoms with Crippen LogP contribution in [0.1, 0.15) is 53.4 Å². The van der Waals surface area contributed by atoms with Crippen LogP contribution in [0.25, 0.3) is 0 Å². The second kappa shape index (κ2) is 9.50. The fourth-order valence-corrected chi connectivity index (χ4v) is 3.76. The van der Waals surface area contributed by atoms with Gasteiger partial charge in [-0.2, -0.15) is 11.4 Å². The number of hydrogen-bond donors (Lipinski definition) is 0. The molecule has 2 atom stereocenters. The summed E-state index contributed by atoms with van der Waals surface area (Å²) < 4.78 is 0. The van der Waals surface area contributed by atoms with Gasteiger partial charge in [0, 0.05) is 78.5 Å². The first-order valence-corrected chi connectivity index (χ1v) is 8.71. The van der Waals surface area contributed by atoms with Crippen molar-refractivity contribution >= 4 is 27.4 Å². The zero-order chi connectivity index (χ0) is 17.5. The molecule has 130 valence electrons. The Balaban J connectivity index is 0.000000241. The normalized spacial score (nSPS) is 31.7. The predicted octanol–water partition coefficient (Wildman–Crippen LogP) is 2.17. The van der Waals surface area contributed by atoms with Gasteiger partial charge in [0.25, 0.3) is 0 Å². The number of aliphatic imine (C=N–C) groups is 2. The molecule has 6 radical (unpaired) electrons. The van der Waals surface area contributed by atoms with E-state index >= 15 is 0 Å². The summed E-state index contributed by atoms with van der Waals surface area (Å²) in [5.41, 5.74) is 1.26. The van der Waals surface area contributed by atoms with Crippen molar-refractivity contribution < 1.29 is 65.4 Å². The first-order chi connectivity index (χ1) is 11.2. The molecule has 0 aliphatic carbocycles. The van der Waals surface area contributed by atoms with Gasteiger partial charge < -0.3 is 31.9 Å². The second-order valence-electron chi connectivity index (χ2n) is 7.27. The van der Waals surface area contributed by atoms with Crippen LogP contribution < -0.4 is 0 Å². The predicted molar refractivity (Wildman–Crippen MR) is 99.9 cm³/mol. The minimum atomic E-state index is -0.597. The first kappa shape index (κ1) is 24.8. The number of rotatable bonds is 0. The van der Waals surface area contributed by atoms with E-state index in [9.17, 15) is 0 Å². The summed E-state index contributed by atoms with van der Waals surface area (Å²) in [4.78, 5) is 13.1. The fraction of sp³-hybridized carbons (Fsp3) is 0.667. The first-order valence-electron chi connectivity index (χ1n) is 8.71. The van der Waals surface area contributed by atoms with E-state index in [1.54, 1.807) is 0 Å². The van der Waals surface area contributed by atoms with Crippen molar-refractivity contribution in [3.63, 3.8) is 0 Å². The molecule has 0 aromatic carbocycles. The minimum absolute atomic E-state index is 0. The topological polar surface area (TPSA) is 31.2 Å². The quantitative estimate of drug-likeness (QED) is 0.381. The molecule has 0 saturated carbocycles. The van der Waals surface area contributed by atoms with Crippen molar-refractivity contribution in [3.05, 3.63) is 23.5 Å². The second-order valence-corrected chi connectivity index (χ2v) is 7.27. The van der Waals surface area contributed by atoms with Gasteiger partial charge >= 0.3 is 0 Å². The number of amidine groups is 2. The number of fused-ring (bicyclic) bond motifs is 2. The fourth-order valence-electron chi connectivity index (χ4n) is 3.76. The van der Waals surface area contributed by atoms with Gasteiger partial charge in [-0.1, -0.05) is 13.8 Å². The van der Waals surface area contributed by atoms with Gasteiger partial charge in [0.15, 0.2) is 0 Å². The summed E-state index contributed by atoms with van der Waals surface area (Å²) in [6, 6.07) is 0. The zero-order valence-electron chi connectivity index (χ0n) is 16.3. The molecule has 0 aromatic rings. The molecule has 2 saturated heterocycles. The van der Waals surface area contributed by atoms with Crippen LogP contribution in [-0.4, -0.2) is 61.1 Å². The molecular formula is C18H24B2N4Y2-2.